The Bertz CT molecular complexity index is 678. The number of hydrogen-bond acceptors (Lipinski definition) is 4. The molecule has 2 aromatic rings. The summed E-state index contributed by atoms with van der Waals surface area (Å²) in [5.74, 6) is 1.06. The molecule has 6 nitrogen and oxygen atoms in total. The minimum atomic E-state index is -0.113. The Morgan fingerprint density at radius 2 is 1.87 bits per heavy atom. The van der Waals surface area contributed by atoms with E-state index >= 15 is 0 Å². The number of halogens is 1. The molecule has 0 atom stereocenters. The standard InChI is InChI=1S/C16H20BrN3O3/c1-5-20-15(14(17)9-18-20)10-19(2)16(21)11-6-12(22-3)8-13(7-11)23-4/h6-9H,5,10H2,1-4H3. The molecule has 1 heterocycles. The molecule has 0 radical (unpaired) electrons. The second-order valence-electron chi connectivity index (χ2n) is 5.02. The van der Waals surface area contributed by atoms with Gasteiger partial charge in [0.25, 0.3) is 5.91 Å². The molecule has 0 N–H and O–H groups in total. The molecule has 0 aliphatic heterocycles. The number of hydrogen-bond donors (Lipinski definition) is 0. The van der Waals surface area contributed by atoms with Crippen LogP contribution < -0.4 is 9.47 Å². The first-order valence-corrected chi connectivity index (χ1v) is 7.98. The van der Waals surface area contributed by atoms with E-state index in [2.05, 4.69) is 21.0 Å². The van der Waals surface area contributed by atoms with Crippen molar-refractivity contribution in [2.45, 2.75) is 20.0 Å². The Balaban J connectivity index is 2.24. The number of nitrogens with zero attached hydrogens (tertiary/aromatic N) is 3. The van der Waals surface area contributed by atoms with Gasteiger partial charge in [-0.1, -0.05) is 0 Å². The summed E-state index contributed by atoms with van der Waals surface area (Å²) in [6.07, 6.45) is 1.74. The van der Waals surface area contributed by atoms with Crippen LogP contribution in [0.2, 0.25) is 0 Å². The molecular formula is C16H20BrN3O3. The van der Waals surface area contributed by atoms with E-state index in [0.717, 1.165) is 16.7 Å². The molecule has 1 amide bonds. The van der Waals surface area contributed by atoms with Gasteiger partial charge in [0.1, 0.15) is 11.5 Å². The lowest BCUT2D eigenvalue weighted by molar-refractivity contribution is 0.0780. The zero-order valence-corrected chi connectivity index (χ0v) is 15.3. The van der Waals surface area contributed by atoms with Crippen LogP contribution in [0, 0.1) is 0 Å². The highest BCUT2D eigenvalue weighted by molar-refractivity contribution is 9.10. The molecule has 0 unspecified atom stereocenters. The smallest absolute Gasteiger partial charge is 0.254 e. The van der Waals surface area contributed by atoms with E-state index < -0.39 is 0 Å². The van der Waals surface area contributed by atoms with Gasteiger partial charge in [-0.25, -0.2) is 0 Å². The summed E-state index contributed by atoms with van der Waals surface area (Å²) in [7, 11) is 4.88. The van der Waals surface area contributed by atoms with Crippen molar-refractivity contribution in [3.63, 3.8) is 0 Å². The van der Waals surface area contributed by atoms with Gasteiger partial charge < -0.3 is 14.4 Å². The van der Waals surface area contributed by atoms with Crippen LogP contribution in [0.5, 0.6) is 11.5 Å². The van der Waals surface area contributed by atoms with Crippen LogP contribution in [0.1, 0.15) is 23.0 Å². The number of benzene rings is 1. The van der Waals surface area contributed by atoms with Crippen molar-refractivity contribution in [2.24, 2.45) is 0 Å². The van der Waals surface area contributed by atoms with Crippen LogP contribution in [-0.4, -0.2) is 41.9 Å². The van der Waals surface area contributed by atoms with Gasteiger partial charge in [0.15, 0.2) is 0 Å². The maximum absolute atomic E-state index is 12.7. The Morgan fingerprint density at radius 1 is 1.26 bits per heavy atom. The Hall–Kier alpha value is -2.02. The van der Waals surface area contributed by atoms with Gasteiger partial charge in [-0.2, -0.15) is 5.10 Å². The number of aromatic nitrogens is 2. The second-order valence-corrected chi connectivity index (χ2v) is 5.87. The van der Waals surface area contributed by atoms with Crippen molar-refractivity contribution in [1.82, 2.24) is 14.7 Å². The molecule has 0 aliphatic rings. The molecule has 124 valence electrons. The molecule has 0 saturated carbocycles. The molecule has 23 heavy (non-hydrogen) atoms. The molecule has 7 heteroatoms. The quantitative estimate of drug-likeness (QED) is 0.771. The highest BCUT2D eigenvalue weighted by Crippen LogP contribution is 2.24. The molecular weight excluding hydrogens is 362 g/mol. The van der Waals surface area contributed by atoms with Gasteiger partial charge in [-0.15, -0.1) is 0 Å². The third kappa shape index (κ3) is 3.85. The number of carbonyl (C=O) groups is 1. The van der Waals surface area contributed by atoms with Crippen molar-refractivity contribution >= 4 is 21.8 Å². The number of aryl methyl sites for hydroxylation is 1. The number of rotatable bonds is 6. The van der Waals surface area contributed by atoms with Crippen molar-refractivity contribution < 1.29 is 14.3 Å². The van der Waals surface area contributed by atoms with Crippen LogP contribution >= 0.6 is 15.9 Å². The lowest BCUT2D eigenvalue weighted by Crippen LogP contribution is -2.27. The lowest BCUT2D eigenvalue weighted by Gasteiger charge is -2.19. The van der Waals surface area contributed by atoms with Crippen molar-refractivity contribution in [2.75, 3.05) is 21.3 Å². The minimum absolute atomic E-state index is 0.113. The number of ether oxygens (including phenoxy) is 2. The Morgan fingerprint density at radius 3 is 2.39 bits per heavy atom. The van der Waals surface area contributed by atoms with Crippen LogP contribution in [-0.2, 0) is 13.1 Å². The summed E-state index contributed by atoms with van der Waals surface area (Å²) < 4.78 is 13.2. The fraction of sp³-hybridized carbons (Fsp3) is 0.375. The zero-order chi connectivity index (χ0) is 17.0. The van der Waals surface area contributed by atoms with Crippen LogP contribution in [0.4, 0.5) is 0 Å². The Labute approximate surface area is 144 Å². The average molecular weight is 382 g/mol. The van der Waals surface area contributed by atoms with Gasteiger partial charge in [0.05, 0.1) is 37.1 Å². The summed E-state index contributed by atoms with van der Waals surface area (Å²) in [4.78, 5) is 14.3. The molecule has 0 bridgehead atoms. The SMILES string of the molecule is CCn1ncc(Br)c1CN(C)C(=O)c1cc(OC)cc(OC)c1. The van der Waals surface area contributed by atoms with E-state index in [-0.39, 0.29) is 5.91 Å². The fourth-order valence-electron chi connectivity index (χ4n) is 2.27. The average Bonchev–Trinajstić information content (AvgIpc) is 2.93. The van der Waals surface area contributed by atoms with Crippen molar-refractivity contribution in [1.29, 1.82) is 0 Å². The molecule has 0 fully saturated rings. The maximum atomic E-state index is 12.7. The molecule has 0 spiro atoms. The summed E-state index contributed by atoms with van der Waals surface area (Å²) in [5, 5.41) is 4.27. The molecule has 1 aromatic carbocycles. The predicted octanol–water partition coefficient (Wildman–Crippen LogP) is 2.95. The third-order valence-electron chi connectivity index (χ3n) is 3.53. The van der Waals surface area contributed by atoms with Crippen molar-refractivity contribution in [3.8, 4) is 11.5 Å². The predicted molar refractivity (Wildman–Crippen MR) is 90.9 cm³/mol. The lowest BCUT2D eigenvalue weighted by atomic mass is 10.1. The number of amides is 1. The first-order valence-electron chi connectivity index (χ1n) is 7.18. The zero-order valence-electron chi connectivity index (χ0n) is 13.7. The number of methoxy groups -OCH3 is 2. The van der Waals surface area contributed by atoms with E-state index in [1.165, 1.54) is 0 Å². The first-order chi connectivity index (χ1) is 11.0. The van der Waals surface area contributed by atoms with E-state index in [1.54, 1.807) is 50.6 Å². The molecule has 0 saturated heterocycles. The van der Waals surface area contributed by atoms with Gasteiger partial charge >= 0.3 is 0 Å². The highest BCUT2D eigenvalue weighted by Gasteiger charge is 2.18. The summed E-state index contributed by atoms with van der Waals surface area (Å²) in [5.41, 5.74) is 1.47. The monoisotopic (exact) mass is 381 g/mol. The summed E-state index contributed by atoms with van der Waals surface area (Å²) >= 11 is 3.48. The van der Waals surface area contributed by atoms with Gasteiger partial charge in [0, 0.05) is 25.2 Å². The molecule has 1 aromatic heterocycles. The maximum Gasteiger partial charge on any atom is 0.254 e. The van der Waals surface area contributed by atoms with E-state index in [0.29, 0.717) is 23.6 Å². The largest absolute Gasteiger partial charge is 0.497 e. The minimum Gasteiger partial charge on any atom is -0.497 e. The van der Waals surface area contributed by atoms with E-state index in [9.17, 15) is 4.79 Å². The Kier molecular flexibility index (Phi) is 5.65. The number of carbonyl (C=O) groups excluding carboxylic acids is 1. The normalized spacial score (nSPS) is 10.5. The van der Waals surface area contributed by atoms with Gasteiger partial charge in [-0.3, -0.25) is 9.48 Å². The fourth-order valence-corrected chi connectivity index (χ4v) is 2.69. The summed E-state index contributed by atoms with van der Waals surface area (Å²) in [6, 6.07) is 5.14. The third-order valence-corrected chi connectivity index (χ3v) is 4.19. The topological polar surface area (TPSA) is 56.6 Å². The van der Waals surface area contributed by atoms with E-state index in [4.69, 9.17) is 9.47 Å². The second kappa shape index (κ2) is 7.50. The first kappa shape index (κ1) is 17.3. The van der Waals surface area contributed by atoms with Crippen LogP contribution in [0.3, 0.4) is 0 Å². The van der Waals surface area contributed by atoms with Gasteiger partial charge in [0.2, 0.25) is 0 Å². The molecule has 2 rings (SSSR count). The highest BCUT2D eigenvalue weighted by atomic mass is 79.9. The summed E-state index contributed by atoms with van der Waals surface area (Å²) in [6.45, 7) is 3.21. The van der Waals surface area contributed by atoms with Crippen LogP contribution in [0.15, 0.2) is 28.9 Å². The molecule has 0 aliphatic carbocycles. The van der Waals surface area contributed by atoms with Gasteiger partial charge in [-0.05, 0) is 35.0 Å². The van der Waals surface area contributed by atoms with E-state index in [1.807, 2.05) is 11.6 Å². The van der Waals surface area contributed by atoms with Crippen molar-refractivity contribution in [3.05, 3.63) is 40.1 Å². The van der Waals surface area contributed by atoms with Crippen LogP contribution in [0.25, 0.3) is 0 Å².